The van der Waals surface area contributed by atoms with Gasteiger partial charge in [0.05, 0.1) is 0 Å². The van der Waals surface area contributed by atoms with Crippen molar-refractivity contribution in [3.63, 3.8) is 0 Å². The van der Waals surface area contributed by atoms with E-state index in [2.05, 4.69) is 19.1 Å². The highest BCUT2D eigenvalue weighted by molar-refractivity contribution is 6.30. The van der Waals surface area contributed by atoms with E-state index in [1.54, 1.807) is 0 Å². The topological polar surface area (TPSA) is 0 Å². The first kappa shape index (κ1) is 8.61. The third-order valence-corrected chi connectivity index (χ3v) is 1.88. The van der Waals surface area contributed by atoms with Gasteiger partial charge in [0.15, 0.2) is 0 Å². The van der Waals surface area contributed by atoms with Gasteiger partial charge in [0, 0.05) is 5.02 Å². The first-order valence-corrected chi connectivity index (χ1v) is 4.24. The fourth-order valence-electron chi connectivity index (χ4n) is 0.980. The number of rotatable bonds is 3. The molecule has 59 valence electrons. The van der Waals surface area contributed by atoms with Crippen LogP contribution in [0, 0.1) is 6.92 Å². The zero-order valence-electron chi connectivity index (χ0n) is 6.52. The van der Waals surface area contributed by atoms with Gasteiger partial charge in [-0.3, -0.25) is 0 Å². The first-order valence-electron chi connectivity index (χ1n) is 3.86. The van der Waals surface area contributed by atoms with E-state index in [0.717, 1.165) is 24.3 Å². The Morgan fingerprint density at radius 3 is 2.36 bits per heavy atom. The molecular formula is C10H12Cl. The average molecular weight is 168 g/mol. The lowest BCUT2D eigenvalue weighted by Crippen LogP contribution is -1.82. The SMILES string of the molecule is [CH2]CCCc1ccc(Cl)cc1. The van der Waals surface area contributed by atoms with Crippen LogP contribution in [-0.4, -0.2) is 0 Å². The highest BCUT2D eigenvalue weighted by Crippen LogP contribution is 2.11. The summed E-state index contributed by atoms with van der Waals surface area (Å²) >= 11 is 5.73. The van der Waals surface area contributed by atoms with Gasteiger partial charge >= 0.3 is 0 Å². The molecule has 0 unspecified atom stereocenters. The lowest BCUT2D eigenvalue weighted by Gasteiger charge is -1.98. The maximum absolute atomic E-state index is 5.73. The summed E-state index contributed by atoms with van der Waals surface area (Å²) in [6.45, 7) is 3.79. The summed E-state index contributed by atoms with van der Waals surface area (Å²) in [6, 6.07) is 8.00. The van der Waals surface area contributed by atoms with Crippen molar-refractivity contribution in [1.82, 2.24) is 0 Å². The van der Waals surface area contributed by atoms with Crippen LogP contribution in [0.3, 0.4) is 0 Å². The van der Waals surface area contributed by atoms with Gasteiger partial charge in [0.25, 0.3) is 0 Å². The molecule has 1 aromatic carbocycles. The van der Waals surface area contributed by atoms with Crippen LogP contribution in [0.4, 0.5) is 0 Å². The Kier molecular flexibility index (Phi) is 3.44. The van der Waals surface area contributed by atoms with Crippen molar-refractivity contribution in [1.29, 1.82) is 0 Å². The van der Waals surface area contributed by atoms with E-state index in [1.165, 1.54) is 5.56 Å². The normalized spacial score (nSPS) is 10.0. The van der Waals surface area contributed by atoms with Crippen LogP contribution in [0.2, 0.25) is 5.02 Å². The second kappa shape index (κ2) is 4.40. The molecule has 0 spiro atoms. The molecule has 1 rings (SSSR count). The Balaban J connectivity index is 2.52. The second-order valence-electron chi connectivity index (χ2n) is 2.58. The minimum Gasteiger partial charge on any atom is -0.0843 e. The quantitative estimate of drug-likeness (QED) is 0.647. The van der Waals surface area contributed by atoms with Crippen LogP contribution in [-0.2, 0) is 6.42 Å². The van der Waals surface area contributed by atoms with Crippen LogP contribution < -0.4 is 0 Å². The van der Waals surface area contributed by atoms with E-state index in [9.17, 15) is 0 Å². The van der Waals surface area contributed by atoms with Gasteiger partial charge in [-0.25, -0.2) is 0 Å². The molecule has 0 heterocycles. The van der Waals surface area contributed by atoms with Crippen LogP contribution in [0.15, 0.2) is 24.3 Å². The molecule has 0 saturated carbocycles. The standard InChI is InChI=1S/C10H12Cl/c1-2-3-4-9-5-7-10(11)8-6-9/h5-8H,1-4H2. The summed E-state index contributed by atoms with van der Waals surface area (Å²) in [7, 11) is 0. The van der Waals surface area contributed by atoms with Crippen molar-refractivity contribution in [2.45, 2.75) is 19.3 Å². The minimum atomic E-state index is 0.809. The van der Waals surface area contributed by atoms with Gasteiger partial charge in [-0.15, -0.1) is 0 Å². The fourth-order valence-corrected chi connectivity index (χ4v) is 1.11. The van der Waals surface area contributed by atoms with Crippen LogP contribution in [0.5, 0.6) is 0 Å². The average Bonchev–Trinajstić information content (AvgIpc) is 2.04. The third-order valence-electron chi connectivity index (χ3n) is 1.63. The Hall–Kier alpha value is -0.490. The molecule has 0 nitrogen and oxygen atoms in total. The number of benzene rings is 1. The molecule has 1 heteroatoms. The lowest BCUT2D eigenvalue weighted by molar-refractivity contribution is 0.841. The zero-order chi connectivity index (χ0) is 8.10. The summed E-state index contributed by atoms with van der Waals surface area (Å²) < 4.78 is 0. The first-order chi connectivity index (χ1) is 5.33. The summed E-state index contributed by atoms with van der Waals surface area (Å²) in [5.74, 6) is 0. The van der Waals surface area contributed by atoms with Gasteiger partial charge in [0.2, 0.25) is 0 Å². The van der Waals surface area contributed by atoms with E-state index in [-0.39, 0.29) is 0 Å². The van der Waals surface area contributed by atoms with Gasteiger partial charge in [-0.1, -0.05) is 37.1 Å². The number of aryl methyl sites for hydroxylation is 1. The molecule has 11 heavy (non-hydrogen) atoms. The summed E-state index contributed by atoms with van der Waals surface area (Å²) in [5.41, 5.74) is 1.35. The molecule has 0 amide bonds. The minimum absolute atomic E-state index is 0.809. The van der Waals surface area contributed by atoms with E-state index in [0.29, 0.717) is 0 Å². The molecule has 1 radical (unpaired) electrons. The van der Waals surface area contributed by atoms with Crippen molar-refractivity contribution in [3.05, 3.63) is 41.8 Å². The summed E-state index contributed by atoms with van der Waals surface area (Å²) in [4.78, 5) is 0. The highest BCUT2D eigenvalue weighted by atomic mass is 35.5. The van der Waals surface area contributed by atoms with Gasteiger partial charge in [-0.2, -0.15) is 0 Å². The molecule has 0 N–H and O–H groups in total. The van der Waals surface area contributed by atoms with Gasteiger partial charge < -0.3 is 0 Å². The molecule has 0 aliphatic heterocycles. The summed E-state index contributed by atoms with van der Waals surface area (Å²) in [6.07, 6.45) is 3.27. The predicted octanol–water partition coefficient (Wildman–Crippen LogP) is 3.50. The van der Waals surface area contributed by atoms with Crippen LogP contribution in [0.25, 0.3) is 0 Å². The zero-order valence-corrected chi connectivity index (χ0v) is 7.27. The molecular weight excluding hydrogens is 156 g/mol. The van der Waals surface area contributed by atoms with E-state index >= 15 is 0 Å². The van der Waals surface area contributed by atoms with Crippen molar-refractivity contribution in [2.24, 2.45) is 0 Å². The number of hydrogen-bond acceptors (Lipinski definition) is 0. The monoisotopic (exact) mass is 167 g/mol. The van der Waals surface area contributed by atoms with Gasteiger partial charge in [0.1, 0.15) is 0 Å². The fraction of sp³-hybridized carbons (Fsp3) is 0.300. The van der Waals surface area contributed by atoms with E-state index in [1.807, 2.05) is 12.1 Å². The van der Waals surface area contributed by atoms with Crippen molar-refractivity contribution in [2.75, 3.05) is 0 Å². The number of halogens is 1. The smallest absolute Gasteiger partial charge is 0.0406 e. The molecule has 0 aliphatic carbocycles. The Morgan fingerprint density at radius 1 is 1.18 bits per heavy atom. The highest BCUT2D eigenvalue weighted by Gasteiger charge is 1.90. The molecule has 0 aromatic heterocycles. The molecule has 0 fully saturated rings. The summed E-state index contributed by atoms with van der Waals surface area (Å²) in [5, 5.41) is 0.809. The molecule has 0 atom stereocenters. The largest absolute Gasteiger partial charge is 0.0843 e. The van der Waals surface area contributed by atoms with Crippen LogP contribution in [0.1, 0.15) is 18.4 Å². The Morgan fingerprint density at radius 2 is 1.82 bits per heavy atom. The molecule has 0 bridgehead atoms. The Labute approximate surface area is 73.2 Å². The van der Waals surface area contributed by atoms with E-state index < -0.39 is 0 Å². The maximum atomic E-state index is 5.73. The predicted molar refractivity (Wildman–Crippen MR) is 49.7 cm³/mol. The van der Waals surface area contributed by atoms with Gasteiger partial charge in [-0.05, 0) is 30.5 Å². The maximum Gasteiger partial charge on any atom is 0.0406 e. The van der Waals surface area contributed by atoms with Crippen LogP contribution >= 0.6 is 11.6 Å². The molecule has 1 aromatic rings. The lowest BCUT2D eigenvalue weighted by atomic mass is 10.1. The van der Waals surface area contributed by atoms with Crippen molar-refractivity contribution < 1.29 is 0 Å². The second-order valence-corrected chi connectivity index (χ2v) is 3.02. The number of unbranched alkanes of at least 4 members (excludes halogenated alkanes) is 1. The molecule has 0 aliphatic rings. The molecule has 0 saturated heterocycles. The van der Waals surface area contributed by atoms with E-state index in [4.69, 9.17) is 11.6 Å². The third kappa shape index (κ3) is 2.94. The Bertz CT molecular complexity index is 201. The van der Waals surface area contributed by atoms with Crippen molar-refractivity contribution in [3.8, 4) is 0 Å². The number of hydrogen-bond donors (Lipinski definition) is 0. The van der Waals surface area contributed by atoms with Crippen molar-refractivity contribution >= 4 is 11.6 Å².